The second-order valence-corrected chi connectivity index (χ2v) is 7.19. The monoisotopic (exact) mass is 382 g/mol. The zero-order chi connectivity index (χ0) is 17.3. The van der Waals surface area contributed by atoms with Crippen molar-refractivity contribution >= 4 is 22.0 Å². The highest BCUT2D eigenvalue weighted by Crippen LogP contribution is 2.20. The van der Waals surface area contributed by atoms with Crippen molar-refractivity contribution in [1.29, 1.82) is 0 Å². The fraction of sp³-hybridized carbons (Fsp3) is 0.500. The van der Waals surface area contributed by atoms with Crippen molar-refractivity contribution in [3.05, 3.63) is 46.5 Å². The Kier molecular flexibility index (Phi) is 8.34. The van der Waals surface area contributed by atoms with Crippen LogP contribution in [0.2, 0.25) is 0 Å². The molecule has 0 spiro atoms. The lowest BCUT2D eigenvalue weighted by atomic mass is 10.0. The van der Waals surface area contributed by atoms with Gasteiger partial charge < -0.3 is 15.4 Å². The number of rotatable bonds is 7. The summed E-state index contributed by atoms with van der Waals surface area (Å²) in [6.07, 6.45) is 4.55. The molecule has 1 unspecified atom stereocenters. The van der Waals surface area contributed by atoms with Crippen molar-refractivity contribution in [3.8, 4) is 0 Å². The molecular formula is C18H27BrN2O2. The molecule has 0 aromatic heterocycles. The Morgan fingerprint density at radius 1 is 1.30 bits per heavy atom. The molecule has 1 atom stereocenters. The number of nitrogens with one attached hydrogen (secondary N) is 2. The van der Waals surface area contributed by atoms with E-state index in [4.69, 9.17) is 4.74 Å². The quantitative estimate of drug-likeness (QED) is 0.678. The summed E-state index contributed by atoms with van der Waals surface area (Å²) >= 11 is 3.50. The highest BCUT2D eigenvalue weighted by atomic mass is 79.9. The molecule has 1 aromatic carbocycles. The van der Waals surface area contributed by atoms with E-state index in [2.05, 4.69) is 45.6 Å². The fourth-order valence-electron chi connectivity index (χ4n) is 2.05. The lowest BCUT2D eigenvalue weighted by molar-refractivity contribution is 0.0534. The van der Waals surface area contributed by atoms with E-state index in [9.17, 15) is 4.79 Å². The van der Waals surface area contributed by atoms with Crippen LogP contribution < -0.4 is 10.6 Å². The molecule has 2 N–H and O–H groups in total. The summed E-state index contributed by atoms with van der Waals surface area (Å²) in [5.74, 6) is 0. The Balaban J connectivity index is 2.31. The van der Waals surface area contributed by atoms with E-state index < -0.39 is 11.7 Å². The van der Waals surface area contributed by atoms with Gasteiger partial charge in [0, 0.05) is 23.6 Å². The van der Waals surface area contributed by atoms with Crippen LogP contribution in [0.3, 0.4) is 0 Å². The standard InChI is InChI=1S/C18H27BrN2O2/c1-5-16(14-9-8-10-15(19)13-14)20-11-6-7-12-21-17(22)23-18(2,3)4/h6-10,13,16,20H,5,11-12H2,1-4H3,(H,21,22)/b7-6+. The number of ether oxygens (including phenoxy) is 1. The number of hydrogen-bond donors (Lipinski definition) is 2. The fourth-order valence-corrected chi connectivity index (χ4v) is 2.47. The molecule has 23 heavy (non-hydrogen) atoms. The van der Waals surface area contributed by atoms with E-state index in [1.165, 1.54) is 5.56 Å². The van der Waals surface area contributed by atoms with Crippen LogP contribution in [0.5, 0.6) is 0 Å². The lowest BCUT2D eigenvalue weighted by Gasteiger charge is -2.19. The Bertz CT molecular complexity index is 524. The van der Waals surface area contributed by atoms with E-state index in [0.29, 0.717) is 12.6 Å². The molecule has 128 valence electrons. The van der Waals surface area contributed by atoms with Gasteiger partial charge in [0.15, 0.2) is 0 Å². The van der Waals surface area contributed by atoms with Crippen LogP contribution in [0.15, 0.2) is 40.9 Å². The maximum atomic E-state index is 11.5. The minimum Gasteiger partial charge on any atom is -0.444 e. The first-order chi connectivity index (χ1) is 10.8. The van der Waals surface area contributed by atoms with Gasteiger partial charge in [-0.3, -0.25) is 0 Å². The minimum atomic E-state index is -0.465. The average molecular weight is 383 g/mol. The van der Waals surface area contributed by atoms with Crippen LogP contribution in [-0.2, 0) is 4.74 Å². The van der Waals surface area contributed by atoms with E-state index in [-0.39, 0.29) is 0 Å². The summed E-state index contributed by atoms with van der Waals surface area (Å²) < 4.78 is 6.26. The maximum absolute atomic E-state index is 11.5. The summed E-state index contributed by atoms with van der Waals surface area (Å²) in [5, 5.41) is 6.19. The van der Waals surface area contributed by atoms with Crippen molar-refractivity contribution in [1.82, 2.24) is 10.6 Å². The van der Waals surface area contributed by atoms with Crippen molar-refractivity contribution in [2.45, 2.75) is 45.8 Å². The molecular weight excluding hydrogens is 356 g/mol. The number of amides is 1. The summed E-state index contributed by atoms with van der Waals surface area (Å²) in [7, 11) is 0. The number of carbonyl (C=O) groups is 1. The molecule has 0 heterocycles. The minimum absolute atomic E-state index is 0.316. The van der Waals surface area contributed by atoms with Gasteiger partial charge >= 0.3 is 6.09 Å². The van der Waals surface area contributed by atoms with E-state index in [1.54, 1.807) is 0 Å². The number of benzene rings is 1. The average Bonchev–Trinajstić information content (AvgIpc) is 2.44. The molecule has 1 amide bonds. The molecule has 0 bridgehead atoms. The van der Waals surface area contributed by atoms with Gasteiger partial charge in [-0.25, -0.2) is 4.79 Å². The van der Waals surface area contributed by atoms with Gasteiger partial charge in [-0.05, 0) is 44.9 Å². The molecule has 1 rings (SSSR count). The smallest absolute Gasteiger partial charge is 0.407 e. The largest absolute Gasteiger partial charge is 0.444 e. The molecule has 1 aromatic rings. The zero-order valence-electron chi connectivity index (χ0n) is 14.4. The Labute approximate surface area is 147 Å². The molecule has 0 saturated heterocycles. The first-order valence-electron chi connectivity index (χ1n) is 7.92. The van der Waals surface area contributed by atoms with Gasteiger partial charge in [0.05, 0.1) is 0 Å². The highest BCUT2D eigenvalue weighted by molar-refractivity contribution is 9.10. The zero-order valence-corrected chi connectivity index (χ0v) is 15.9. The third-order valence-electron chi connectivity index (χ3n) is 3.07. The first-order valence-corrected chi connectivity index (χ1v) is 8.72. The van der Waals surface area contributed by atoms with Crippen molar-refractivity contribution < 1.29 is 9.53 Å². The van der Waals surface area contributed by atoms with Crippen LogP contribution in [0, 0.1) is 0 Å². The van der Waals surface area contributed by atoms with Crippen LogP contribution in [0.25, 0.3) is 0 Å². The van der Waals surface area contributed by atoms with Crippen LogP contribution >= 0.6 is 15.9 Å². The summed E-state index contributed by atoms with van der Waals surface area (Å²) in [6, 6.07) is 8.65. The van der Waals surface area contributed by atoms with Gasteiger partial charge in [0.1, 0.15) is 5.60 Å². The van der Waals surface area contributed by atoms with E-state index in [0.717, 1.165) is 17.4 Å². The topological polar surface area (TPSA) is 50.4 Å². The van der Waals surface area contributed by atoms with Gasteiger partial charge in [-0.15, -0.1) is 0 Å². The van der Waals surface area contributed by atoms with Crippen LogP contribution in [-0.4, -0.2) is 24.8 Å². The molecule has 5 heteroatoms. The first kappa shape index (κ1) is 19.7. The third kappa shape index (κ3) is 8.77. The van der Waals surface area contributed by atoms with E-state index in [1.807, 2.05) is 45.1 Å². The van der Waals surface area contributed by atoms with Crippen molar-refractivity contribution in [3.63, 3.8) is 0 Å². The van der Waals surface area contributed by atoms with Crippen molar-refractivity contribution in [2.75, 3.05) is 13.1 Å². The highest BCUT2D eigenvalue weighted by Gasteiger charge is 2.15. The maximum Gasteiger partial charge on any atom is 0.407 e. The Morgan fingerprint density at radius 3 is 2.61 bits per heavy atom. The Morgan fingerprint density at radius 2 is 2.00 bits per heavy atom. The summed E-state index contributed by atoms with van der Waals surface area (Å²) in [6.45, 7) is 8.91. The predicted molar refractivity (Wildman–Crippen MR) is 98.6 cm³/mol. The van der Waals surface area contributed by atoms with Gasteiger partial charge in [0.2, 0.25) is 0 Å². The van der Waals surface area contributed by atoms with Crippen LogP contribution in [0.4, 0.5) is 4.79 Å². The van der Waals surface area contributed by atoms with Gasteiger partial charge in [-0.2, -0.15) is 0 Å². The van der Waals surface area contributed by atoms with Crippen molar-refractivity contribution in [2.24, 2.45) is 0 Å². The molecule has 0 aliphatic rings. The SMILES string of the molecule is CCC(NC/C=C/CNC(=O)OC(C)(C)C)c1cccc(Br)c1. The van der Waals surface area contributed by atoms with Gasteiger partial charge in [0.25, 0.3) is 0 Å². The molecule has 0 fully saturated rings. The van der Waals surface area contributed by atoms with Gasteiger partial charge in [-0.1, -0.05) is 47.1 Å². The molecule has 4 nitrogen and oxygen atoms in total. The molecule has 0 radical (unpaired) electrons. The molecule has 0 aliphatic heterocycles. The summed E-state index contributed by atoms with van der Waals surface area (Å²) in [5.41, 5.74) is 0.801. The number of alkyl carbamates (subject to hydrolysis) is 1. The van der Waals surface area contributed by atoms with Crippen LogP contribution in [0.1, 0.15) is 45.7 Å². The lowest BCUT2D eigenvalue weighted by Crippen LogP contribution is -2.32. The number of hydrogen-bond acceptors (Lipinski definition) is 3. The second-order valence-electron chi connectivity index (χ2n) is 6.28. The normalized spacial score (nSPS) is 13.1. The number of carbonyl (C=O) groups excluding carboxylic acids is 1. The second kappa shape index (κ2) is 9.73. The molecule has 0 aliphatic carbocycles. The Hall–Kier alpha value is -1.33. The molecule has 0 saturated carbocycles. The number of halogens is 1. The summed E-state index contributed by atoms with van der Waals surface area (Å²) in [4.78, 5) is 11.5. The predicted octanol–water partition coefficient (Wildman–Crippen LogP) is 4.57. The third-order valence-corrected chi connectivity index (χ3v) is 3.56. The van der Waals surface area contributed by atoms with E-state index >= 15 is 0 Å².